The van der Waals surface area contributed by atoms with Crippen LogP contribution in [-0.4, -0.2) is 50.5 Å². The molecule has 1 atom stereocenters. The first-order chi connectivity index (χ1) is 15.4. The first-order valence-electron chi connectivity index (χ1n) is 10.8. The van der Waals surface area contributed by atoms with Crippen LogP contribution in [0.1, 0.15) is 37.0 Å². The summed E-state index contributed by atoms with van der Waals surface area (Å²) in [4.78, 5) is 27.6. The minimum absolute atomic E-state index is 0.174. The largest absolute Gasteiger partial charge is 0.354 e. The van der Waals surface area contributed by atoms with E-state index in [1.54, 1.807) is 26.0 Å². The minimum atomic E-state index is -3.80. The van der Waals surface area contributed by atoms with E-state index in [0.29, 0.717) is 22.8 Å². The maximum Gasteiger partial charge on any atom is 0.244 e. The number of benzene rings is 2. The summed E-state index contributed by atoms with van der Waals surface area (Å²) in [5, 5.41) is 3.18. The van der Waals surface area contributed by atoms with Crippen molar-refractivity contribution < 1.29 is 18.0 Å². The molecule has 9 heteroatoms. The number of carbonyl (C=O) groups excluding carboxylic acids is 2. The third-order valence-corrected chi connectivity index (χ3v) is 6.63. The summed E-state index contributed by atoms with van der Waals surface area (Å²) < 4.78 is 26.3. The number of aryl methyl sites for hydroxylation is 2. The van der Waals surface area contributed by atoms with E-state index in [-0.39, 0.29) is 12.5 Å². The Bertz CT molecular complexity index is 1100. The van der Waals surface area contributed by atoms with Crippen LogP contribution >= 0.6 is 11.6 Å². The van der Waals surface area contributed by atoms with E-state index in [2.05, 4.69) is 5.32 Å². The average molecular weight is 494 g/mol. The molecule has 0 spiro atoms. The number of hydrogen-bond acceptors (Lipinski definition) is 4. The van der Waals surface area contributed by atoms with Gasteiger partial charge in [-0.2, -0.15) is 0 Å². The molecule has 7 nitrogen and oxygen atoms in total. The first kappa shape index (κ1) is 26.7. The zero-order valence-corrected chi connectivity index (χ0v) is 21.3. The van der Waals surface area contributed by atoms with Crippen molar-refractivity contribution in [3.63, 3.8) is 0 Å². The number of nitrogens with zero attached hydrogens (tertiary/aromatic N) is 2. The fourth-order valence-corrected chi connectivity index (χ4v) is 4.50. The number of carbonyl (C=O) groups is 2. The Morgan fingerprint density at radius 1 is 1.12 bits per heavy atom. The number of hydrogen-bond donors (Lipinski definition) is 1. The molecule has 33 heavy (non-hydrogen) atoms. The van der Waals surface area contributed by atoms with Crippen molar-refractivity contribution in [1.82, 2.24) is 10.2 Å². The molecule has 0 heterocycles. The lowest BCUT2D eigenvalue weighted by Crippen LogP contribution is -2.51. The van der Waals surface area contributed by atoms with Crippen LogP contribution < -0.4 is 9.62 Å². The fourth-order valence-electron chi connectivity index (χ4n) is 3.43. The van der Waals surface area contributed by atoms with E-state index in [4.69, 9.17) is 11.6 Å². The Kier molecular flexibility index (Phi) is 9.31. The van der Waals surface area contributed by atoms with Gasteiger partial charge in [-0.15, -0.1) is 0 Å². The van der Waals surface area contributed by atoms with Crippen molar-refractivity contribution in [2.75, 3.05) is 23.7 Å². The molecule has 0 fully saturated rings. The van der Waals surface area contributed by atoms with Gasteiger partial charge in [0.25, 0.3) is 0 Å². The van der Waals surface area contributed by atoms with Crippen LogP contribution in [0.15, 0.2) is 42.5 Å². The van der Waals surface area contributed by atoms with Gasteiger partial charge in [0.1, 0.15) is 12.6 Å². The van der Waals surface area contributed by atoms with E-state index >= 15 is 0 Å². The highest BCUT2D eigenvalue weighted by Crippen LogP contribution is 2.26. The molecule has 2 aromatic rings. The topological polar surface area (TPSA) is 86.8 Å². The molecule has 2 amide bonds. The zero-order chi connectivity index (χ0) is 24.8. The van der Waals surface area contributed by atoms with Gasteiger partial charge < -0.3 is 10.2 Å². The van der Waals surface area contributed by atoms with Crippen LogP contribution in [0.2, 0.25) is 5.02 Å². The van der Waals surface area contributed by atoms with Gasteiger partial charge >= 0.3 is 0 Å². The van der Waals surface area contributed by atoms with Crippen molar-refractivity contribution in [3.05, 3.63) is 64.2 Å². The molecule has 0 unspecified atom stereocenters. The van der Waals surface area contributed by atoms with E-state index in [0.717, 1.165) is 28.1 Å². The predicted molar refractivity (Wildman–Crippen MR) is 133 cm³/mol. The standard InChI is InChI=1S/C24H32ClN3O4S/c1-6-12-26-24(30)19(4)27(15-20-9-7-8-17(2)13-20)23(29)16-28(33(5,31)32)22-14-21(25)11-10-18(22)3/h7-11,13-14,19H,6,12,15-16H2,1-5H3,(H,26,30)/t19-/m0/s1. The van der Waals surface area contributed by atoms with Crippen LogP contribution in [0.4, 0.5) is 5.69 Å². The molecule has 0 aromatic heterocycles. The number of anilines is 1. The Hall–Kier alpha value is -2.58. The van der Waals surface area contributed by atoms with Gasteiger partial charge in [-0.3, -0.25) is 13.9 Å². The van der Waals surface area contributed by atoms with E-state index in [9.17, 15) is 18.0 Å². The normalized spacial score (nSPS) is 12.2. The highest BCUT2D eigenvalue weighted by Gasteiger charge is 2.30. The molecule has 180 valence electrons. The molecule has 0 aliphatic carbocycles. The number of rotatable bonds is 10. The SMILES string of the molecule is CCCNC(=O)[C@H](C)N(Cc1cccc(C)c1)C(=O)CN(c1cc(Cl)ccc1C)S(C)(=O)=O. The summed E-state index contributed by atoms with van der Waals surface area (Å²) in [5.74, 6) is -0.775. The van der Waals surface area contributed by atoms with Crippen molar-refractivity contribution in [3.8, 4) is 0 Å². The number of nitrogens with one attached hydrogen (secondary N) is 1. The monoisotopic (exact) mass is 493 g/mol. The summed E-state index contributed by atoms with van der Waals surface area (Å²) in [6.07, 6.45) is 1.81. The highest BCUT2D eigenvalue weighted by molar-refractivity contribution is 7.92. The average Bonchev–Trinajstić information content (AvgIpc) is 2.74. The van der Waals surface area contributed by atoms with Crippen molar-refractivity contribution in [2.45, 2.75) is 46.7 Å². The second kappa shape index (κ2) is 11.5. The first-order valence-corrected chi connectivity index (χ1v) is 13.0. The van der Waals surface area contributed by atoms with Gasteiger partial charge in [0.05, 0.1) is 11.9 Å². The molecular weight excluding hydrogens is 462 g/mol. The summed E-state index contributed by atoms with van der Waals surface area (Å²) in [5.41, 5.74) is 2.87. The number of amides is 2. The van der Waals surface area contributed by atoms with Gasteiger partial charge in [-0.05, 0) is 50.5 Å². The zero-order valence-electron chi connectivity index (χ0n) is 19.8. The Morgan fingerprint density at radius 2 is 1.82 bits per heavy atom. The Morgan fingerprint density at radius 3 is 2.42 bits per heavy atom. The summed E-state index contributed by atoms with van der Waals surface area (Å²) in [6.45, 7) is 7.50. The van der Waals surface area contributed by atoms with Crippen LogP contribution in [0.3, 0.4) is 0 Å². The van der Waals surface area contributed by atoms with E-state index < -0.39 is 28.5 Å². The summed E-state index contributed by atoms with van der Waals surface area (Å²) >= 11 is 6.10. The molecule has 0 saturated carbocycles. The Balaban J connectivity index is 2.42. The van der Waals surface area contributed by atoms with Crippen molar-refractivity contribution in [1.29, 1.82) is 0 Å². The van der Waals surface area contributed by atoms with Gasteiger partial charge in [-0.1, -0.05) is 54.4 Å². The predicted octanol–water partition coefficient (Wildman–Crippen LogP) is 3.67. The lowest BCUT2D eigenvalue weighted by molar-refractivity contribution is -0.139. The van der Waals surface area contributed by atoms with Gasteiger partial charge in [0.15, 0.2) is 0 Å². The second-order valence-corrected chi connectivity index (χ2v) is 10.5. The molecule has 2 aromatic carbocycles. The maximum absolute atomic E-state index is 13.5. The maximum atomic E-state index is 13.5. The van der Waals surface area contributed by atoms with Gasteiger partial charge in [0, 0.05) is 18.1 Å². The molecule has 0 radical (unpaired) electrons. The smallest absolute Gasteiger partial charge is 0.244 e. The summed E-state index contributed by atoms with van der Waals surface area (Å²) in [7, 11) is -3.80. The molecule has 0 aliphatic heterocycles. The van der Waals surface area contributed by atoms with Gasteiger partial charge in [0.2, 0.25) is 21.8 Å². The second-order valence-electron chi connectivity index (χ2n) is 8.18. The molecular formula is C24H32ClN3O4S. The number of sulfonamides is 1. The van der Waals surface area contributed by atoms with Crippen LogP contribution in [0.5, 0.6) is 0 Å². The molecule has 0 bridgehead atoms. The molecule has 0 saturated heterocycles. The lowest BCUT2D eigenvalue weighted by atomic mass is 10.1. The third-order valence-electron chi connectivity index (χ3n) is 5.27. The van der Waals surface area contributed by atoms with Crippen molar-refractivity contribution >= 4 is 39.1 Å². The van der Waals surface area contributed by atoms with E-state index in [1.165, 1.54) is 11.0 Å². The lowest BCUT2D eigenvalue weighted by Gasteiger charge is -2.32. The third kappa shape index (κ3) is 7.47. The minimum Gasteiger partial charge on any atom is -0.354 e. The molecule has 0 aliphatic rings. The van der Waals surface area contributed by atoms with E-state index in [1.807, 2.05) is 38.1 Å². The quantitative estimate of drug-likeness (QED) is 0.547. The van der Waals surface area contributed by atoms with Gasteiger partial charge in [-0.25, -0.2) is 8.42 Å². The van der Waals surface area contributed by atoms with Crippen molar-refractivity contribution in [2.24, 2.45) is 0 Å². The molecule has 1 N–H and O–H groups in total. The van der Waals surface area contributed by atoms with Crippen LogP contribution in [0.25, 0.3) is 0 Å². The molecule has 2 rings (SSSR count). The van der Waals surface area contributed by atoms with Crippen LogP contribution in [-0.2, 0) is 26.2 Å². The van der Waals surface area contributed by atoms with Crippen LogP contribution in [0, 0.1) is 13.8 Å². The summed E-state index contributed by atoms with van der Waals surface area (Å²) in [6, 6.07) is 11.7. The Labute approximate surface area is 201 Å². The fraction of sp³-hybridized carbons (Fsp3) is 0.417. The number of halogens is 1. The highest BCUT2D eigenvalue weighted by atomic mass is 35.5.